The minimum absolute atomic E-state index is 0.267. The summed E-state index contributed by atoms with van der Waals surface area (Å²) >= 11 is 0. The number of carbonyl (C=O) groups is 2. The Balaban J connectivity index is 2.67. The van der Waals surface area contributed by atoms with Crippen molar-refractivity contribution >= 4 is 17.6 Å². The molecule has 1 amide bonds. The normalized spacial score (nSPS) is 11.6. The Morgan fingerprint density at radius 3 is 2.65 bits per heavy atom. The van der Waals surface area contributed by atoms with Crippen molar-refractivity contribution in [3.05, 3.63) is 29.8 Å². The molecule has 0 spiro atoms. The molecule has 1 atom stereocenters. The first-order valence-electron chi connectivity index (χ1n) is 5.39. The highest BCUT2D eigenvalue weighted by Crippen LogP contribution is 2.12. The number of benzene rings is 1. The molecule has 0 fully saturated rings. The van der Waals surface area contributed by atoms with Gasteiger partial charge in [-0.25, -0.2) is 4.79 Å². The fourth-order valence-corrected chi connectivity index (χ4v) is 1.28. The van der Waals surface area contributed by atoms with E-state index in [1.807, 2.05) is 0 Å². The number of esters is 1. The summed E-state index contributed by atoms with van der Waals surface area (Å²) in [4.78, 5) is 23.1. The first-order valence-corrected chi connectivity index (χ1v) is 5.39. The molecule has 0 heterocycles. The molecular weight excluding hydrogens is 220 g/mol. The second kappa shape index (κ2) is 5.89. The molecule has 0 aliphatic rings. The molecule has 0 bridgehead atoms. The zero-order valence-corrected chi connectivity index (χ0v) is 9.90. The van der Waals surface area contributed by atoms with Gasteiger partial charge in [-0.2, -0.15) is 0 Å². The smallest absolute Gasteiger partial charge is 0.341 e. The van der Waals surface area contributed by atoms with E-state index in [1.54, 1.807) is 31.2 Å². The molecule has 1 rings (SSSR count). The Morgan fingerprint density at radius 2 is 2.06 bits per heavy atom. The number of nitrogens with two attached hydrogens (primary N) is 1. The summed E-state index contributed by atoms with van der Waals surface area (Å²) in [5.74, 6) is -0.919. The third-order valence-corrected chi connectivity index (χ3v) is 2.18. The maximum Gasteiger partial charge on any atom is 0.341 e. The van der Waals surface area contributed by atoms with Gasteiger partial charge in [-0.05, 0) is 26.0 Å². The van der Waals surface area contributed by atoms with Gasteiger partial charge in [-0.3, -0.25) is 4.79 Å². The number of nitrogen functional groups attached to an aromatic ring is 1. The maximum atomic E-state index is 11.7. The maximum absolute atomic E-state index is 11.7. The van der Waals surface area contributed by atoms with Gasteiger partial charge in [-0.1, -0.05) is 12.1 Å². The fraction of sp³-hybridized carbons (Fsp3) is 0.333. The number of nitrogens with one attached hydrogen (secondary N) is 1. The van der Waals surface area contributed by atoms with Gasteiger partial charge in [-0.15, -0.1) is 0 Å². The molecule has 0 aliphatic heterocycles. The number of carbonyl (C=O) groups excluding carboxylic acids is 2. The summed E-state index contributed by atoms with van der Waals surface area (Å²) in [6, 6.07) is 6.57. The van der Waals surface area contributed by atoms with Crippen molar-refractivity contribution in [3.8, 4) is 0 Å². The number of anilines is 1. The Labute approximate surface area is 99.9 Å². The number of hydrogen-bond donors (Lipinski definition) is 2. The molecule has 5 heteroatoms. The second-order valence-electron chi connectivity index (χ2n) is 3.53. The van der Waals surface area contributed by atoms with Crippen LogP contribution < -0.4 is 11.1 Å². The third-order valence-electron chi connectivity index (χ3n) is 2.18. The first-order chi connectivity index (χ1) is 8.06. The lowest BCUT2D eigenvalue weighted by atomic mass is 10.2. The first kappa shape index (κ1) is 13.0. The van der Waals surface area contributed by atoms with Crippen LogP contribution in [0.25, 0.3) is 0 Å². The van der Waals surface area contributed by atoms with Crippen molar-refractivity contribution in [1.29, 1.82) is 0 Å². The van der Waals surface area contributed by atoms with Crippen LogP contribution in [0, 0.1) is 0 Å². The highest BCUT2D eigenvalue weighted by Gasteiger charge is 2.19. The van der Waals surface area contributed by atoms with E-state index < -0.39 is 12.1 Å². The number of para-hydroxylation sites is 1. The van der Waals surface area contributed by atoms with Gasteiger partial charge in [0.25, 0.3) is 5.91 Å². The van der Waals surface area contributed by atoms with E-state index in [0.29, 0.717) is 12.2 Å². The lowest BCUT2D eigenvalue weighted by Crippen LogP contribution is -2.35. The predicted octanol–water partition coefficient (Wildman–Crippen LogP) is 0.950. The van der Waals surface area contributed by atoms with Crippen LogP contribution in [-0.4, -0.2) is 24.5 Å². The van der Waals surface area contributed by atoms with Crippen LogP contribution in [0.5, 0.6) is 0 Å². The largest absolute Gasteiger partial charge is 0.449 e. The van der Waals surface area contributed by atoms with E-state index in [1.165, 1.54) is 6.92 Å². The van der Waals surface area contributed by atoms with Crippen LogP contribution in [0.2, 0.25) is 0 Å². The predicted molar refractivity (Wildman–Crippen MR) is 64.4 cm³/mol. The number of likely N-dealkylation sites (N-methyl/N-ethyl adjacent to an activating group) is 1. The highest BCUT2D eigenvalue weighted by atomic mass is 16.5. The lowest BCUT2D eigenvalue weighted by molar-refractivity contribution is -0.128. The lowest BCUT2D eigenvalue weighted by Gasteiger charge is -2.13. The van der Waals surface area contributed by atoms with Crippen LogP contribution in [0.4, 0.5) is 5.69 Å². The Bertz CT molecular complexity index is 418. The van der Waals surface area contributed by atoms with E-state index in [9.17, 15) is 9.59 Å². The second-order valence-corrected chi connectivity index (χ2v) is 3.53. The average molecular weight is 236 g/mol. The molecule has 1 aromatic rings. The van der Waals surface area contributed by atoms with Gasteiger partial charge in [0.15, 0.2) is 6.10 Å². The van der Waals surface area contributed by atoms with Gasteiger partial charge < -0.3 is 15.8 Å². The molecule has 5 nitrogen and oxygen atoms in total. The third kappa shape index (κ3) is 3.48. The summed E-state index contributed by atoms with van der Waals surface area (Å²) in [6.07, 6.45) is -0.831. The topological polar surface area (TPSA) is 81.4 Å². The van der Waals surface area contributed by atoms with Crippen molar-refractivity contribution in [1.82, 2.24) is 5.32 Å². The Hall–Kier alpha value is -2.04. The highest BCUT2D eigenvalue weighted by molar-refractivity contribution is 5.96. The molecule has 0 radical (unpaired) electrons. The van der Waals surface area contributed by atoms with Crippen LogP contribution >= 0.6 is 0 Å². The van der Waals surface area contributed by atoms with Gasteiger partial charge in [0.2, 0.25) is 0 Å². The van der Waals surface area contributed by atoms with Crippen molar-refractivity contribution in [3.63, 3.8) is 0 Å². The molecule has 0 aromatic heterocycles. The average Bonchev–Trinajstić information content (AvgIpc) is 2.29. The monoisotopic (exact) mass is 236 g/mol. The molecule has 0 saturated heterocycles. The Morgan fingerprint density at radius 1 is 1.41 bits per heavy atom. The quantitative estimate of drug-likeness (QED) is 0.602. The number of amides is 1. The van der Waals surface area contributed by atoms with E-state index in [0.717, 1.165) is 0 Å². The van der Waals surface area contributed by atoms with Gasteiger partial charge in [0, 0.05) is 12.2 Å². The SMILES string of the molecule is CCNC(=O)C(C)OC(=O)c1ccccc1N. The zero-order valence-electron chi connectivity index (χ0n) is 9.90. The summed E-state index contributed by atoms with van der Waals surface area (Å²) in [5.41, 5.74) is 6.23. The number of hydrogen-bond acceptors (Lipinski definition) is 4. The van der Waals surface area contributed by atoms with Crippen LogP contribution in [-0.2, 0) is 9.53 Å². The summed E-state index contributed by atoms with van der Waals surface area (Å²) in [7, 11) is 0. The van der Waals surface area contributed by atoms with E-state index >= 15 is 0 Å². The molecule has 3 N–H and O–H groups in total. The fourth-order valence-electron chi connectivity index (χ4n) is 1.28. The summed E-state index contributed by atoms with van der Waals surface area (Å²) in [6.45, 7) is 3.80. The standard InChI is InChI=1S/C12H16N2O3/c1-3-14-11(15)8(2)17-12(16)9-6-4-5-7-10(9)13/h4-8H,3,13H2,1-2H3,(H,14,15). The van der Waals surface area contributed by atoms with E-state index in [4.69, 9.17) is 10.5 Å². The molecule has 1 aromatic carbocycles. The van der Waals surface area contributed by atoms with Gasteiger partial charge >= 0.3 is 5.97 Å². The van der Waals surface area contributed by atoms with Crippen LogP contribution in [0.1, 0.15) is 24.2 Å². The van der Waals surface area contributed by atoms with Gasteiger partial charge in [0.1, 0.15) is 0 Å². The molecule has 92 valence electrons. The molecule has 1 unspecified atom stereocenters. The van der Waals surface area contributed by atoms with Gasteiger partial charge in [0.05, 0.1) is 5.56 Å². The van der Waals surface area contributed by atoms with E-state index in [-0.39, 0.29) is 11.5 Å². The molecular formula is C12H16N2O3. The number of ether oxygens (including phenoxy) is 1. The van der Waals surface area contributed by atoms with Crippen LogP contribution in [0.15, 0.2) is 24.3 Å². The molecule has 0 aliphatic carbocycles. The van der Waals surface area contributed by atoms with Crippen molar-refractivity contribution < 1.29 is 14.3 Å². The van der Waals surface area contributed by atoms with Crippen molar-refractivity contribution in [2.45, 2.75) is 20.0 Å². The number of rotatable bonds is 4. The summed E-state index contributed by atoms with van der Waals surface area (Å²) in [5, 5.41) is 2.57. The summed E-state index contributed by atoms with van der Waals surface area (Å²) < 4.78 is 5.00. The molecule has 17 heavy (non-hydrogen) atoms. The minimum Gasteiger partial charge on any atom is -0.449 e. The van der Waals surface area contributed by atoms with Crippen molar-refractivity contribution in [2.75, 3.05) is 12.3 Å². The molecule has 0 saturated carbocycles. The van der Waals surface area contributed by atoms with Crippen LogP contribution in [0.3, 0.4) is 0 Å². The minimum atomic E-state index is -0.831. The Kier molecular flexibility index (Phi) is 4.51. The van der Waals surface area contributed by atoms with Crippen molar-refractivity contribution in [2.24, 2.45) is 0 Å². The van der Waals surface area contributed by atoms with E-state index in [2.05, 4.69) is 5.32 Å². The zero-order chi connectivity index (χ0) is 12.8.